The molecule has 0 saturated heterocycles. The minimum atomic E-state index is -4.15. The second kappa shape index (κ2) is 7.42. The molecule has 2 aromatic carbocycles. The lowest BCUT2D eigenvalue weighted by atomic mass is 10.1. The van der Waals surface area contributed by atoms with Crippen molar-refractivity contribution in [2.45, 2.75) is 22.6 Å². The highest BCUT2D eigenvalue weighted by Crippen LogP contribution is 2.23. The number of carboxylic acids is 1. The molecule has 140 valence electrons. The van der Waals surface area contributed by atoms with Gasteiger partial charge in [0, 0.05) is 12.7 Å². The fourth-order valence-corrected chi connectivity index (χ4v) is 3.81. The van der Waals surface area contributed by atoms with E-state index in [1.807, 2.05) is 4.72 Å². The molecular formula is C16H16FNO6S2. The predicted octanol–water partition coefficient (Wildman–Crippen LogP) is 2.05. The number of aryl methyl sites for hydroxylation is 1. The van der Waals surface area contributed by atoms with Gasteiger partial charge in [-0.25, -0.2) is 21.2 Å². The quantitative estimate of drug-likeness (QED) is 0.686. The number of aliphatic carboxylic acids is 1. The number of hydrogen-bond acceptors (Lipinski definition) is 5. The Morgan fingerprint density at radius 2 is 1.62 bits per heavy atom. The fraction of sp³-hybridized carbons (Fsp3) is 0.188. The predicted molar refractivity (Wildman–Crippen MR) is 92.7 cm³/mol. The average molecular weight is 401 g/mol. The number of anilines is 1. The van der Waals surface area contributed by atoms with Crippen molar-refractivity contribution < 1.29 is 31.1 Å². The van der Waals surface area contributed by atoms with Crippen molar-refractivity contribution in [3.05, 3.63) is 53.8 Å². The lowest BCUT2D eigenvalue weighted by molar-refractivity contribution is -0.136. The molecule has 0 aliphatic heterocycles. The van der Waals surface area contributed by atoms with Crippen molar-refractivity contribution in [3.63, 3.8) is 0 Å². The van der Waals surface area contributed by atoms with Crippen LogP contribution in [0.3, 0.4) is 0 Å². The summed E-state index contributed by atoms with van der Waals surface area (Å²) in [7, 11) is -7.78. The number of halogens is 1. The molecule has 0 aliphatic rings. The monoisotopic (exact) mass is 401 g/mol. The zero-order valence-electron chi connectivity index (χ0n) is 13.6. The maximum atomic E-state index is 13.9. The van der Waals surface area contributed by atoms with Gasteiger partial charge in [0.05, 0.1) is 15.5 Å². The summed E-state index contributed by atoms with van der Waals surface area (Å²) in [5, 5.41) is 8.64. The summed E-state index contributed by atoms with van der Waals surface area (Å²) in [6.45, 7) is 0. The Morgan fingerprint density at radius 1 is 1.04 bits per heavy atom. The maximum Gasteiger partial charge on any atom is 0.303 e. The van der Waals surface area contributed by atoms with Gasteiger partial charge in [-0.15, -0.1) is 0 Å². The molecule has 0 atom stereocenters. The van der Waals surface area contributed by atoms with Crippen LogP contribution in [0.5, 0.6) is 0 Å². The molecule has 2 N–H and O–H groups in total. The van der Waals surface area contributed by atoms with Crippen molar-refractivity contribution in [3.8, 4) is 0 Å². The summed E-state index contributed by atoms with van der Waals surface area (Å²) in [5.41, 5.74) is 0.152. The average Bonchev–Trinajstić information content (AvgIpc) is 2.54. The largest absolute Gasteiger partial charge is 0.481 e. The van der Waals surface area contributed by atoms with Gasteiger partial charge in [0.1, 0.15) is 5.82 Å². The molecule has 0 amide bonds. The van der Waals surface area contributed by atoms with E-state index >= 15 is 0 Å². The van der Waals surface area contributed by atoms with E-state index in [1.54, 1.807) is 0 Å². The number of carboxylic acid groups (broad SMARTS) is 1. The van der Waals surface area contributed by atoms with E-state index in [0.29, 0.717) is 5.56 Å². The second-order valence-electron chi connectivity index (χ2n) is 5.56. The molecule has 0 aliphatic carbocycles. The summed E-state index contributed by atoms with van der Waals surface area (Å²) in [4.78, 5) is 10.2. The summed E-state index contributed by atoms with van der Waals surface area (Å²) < 4.78 is 63.7. The molecule has 2 rings (SSSR count). The Labute approximate surface area is 150 Å². The Hall–Kier alpha value is -2.46. The standard InChI is InChI=1S/C16H16FNO6S2/c1-25(21,22)13-7-8-14(17)15(10-13)18-26(23,24)12-5-2-11(3-6-12)4-9-16(19)20/h2-3,5-8,10,18H,4,9H2,1H3,(H,19,20). The van der Waals surface area contributed by atoms with E-state index in [0.717, 1.165) is 24.5 Å². The molecule has 2 aromatic rings. The van der Waals surface area contributed by atoms with Crippen molar-refractivity contribution in [1.82, 2.24) is 0 Å². The molecule has 0 unspecified atom stereocenters. The van der Waals surface area contributed by atoms with Gasteiger partial charge in [-0.05, 0) is 42.3 Å². The highest BCUT2D eigenvalue weighted by atomic mass is 32.2. The Kier molecular flexibility index (Phi) is 5.67. The molecule has 26 heavy (non-hydrogen) atoms. The number of benzene rings is 2. The number of nitrogens with one attached hydrogen (secondary N) is 1. The summed E-state index contributed by atoms with van der Waals surface area (Å²) in [6, 6.07) is 8.25. The number of sulfonamides is 1. The first-order chi connectivity index (χ1) is 12.0. The first-order valence-electron chi connectivity index (χ1n) is 7.32. The minimum Gasteiger partial charge on any atom is -0.481 e. The van der Waals surface area contributed by atoms with Crippen LogP contribution in [0.15, 0.2) is 52.3 Å². The van der Waals surface area contributed by atoms with Crippen LogP contribution in [0.25, 0.3) is 0 Å². The Bertz CT molecular complexity index is 1030. The molecule has 10 heteroatoms. The van der Waals surface area contributed by atoms with Crippen molar-refractivity contribution >= 4 is 31.5 Å². The summed E-state index contributed by atoms with van der Waals surface area (Å²) >= 11 is 0. The lowest BCUT2D eigenvalue weighted by Gasteiger charge is -2.11. The second-order valence-corrected chi connectivity index (χ2v) is 9.26. The normalized spacial score (nSPS) is 11.9. The van der Waals surface area contributed by atoms with Crippen molar-refractivity contribution in [1.29, 1.82) is 0 Å². The highest BCUT2D eigenvalue weighted by Gasteiger charge is 2.18. The first kappa shape index (κ1) is 19.9. The Morgan fingerprint density at radius 3 is 2.15 bits per heavy atom. The van der Waals surface area contributed by atoms with Crippen LogP contribution in [0.4, 0.5) is 10.1 Å². The summed E-state index contributed by atoms with van der Waals surface area (Å²) in [6.07, 6.45) is 1.08. The highest BCUT2D eigenvalue weighted by molar-refractivity contribution is 7.92. The lowest BCUT2D eigenvalue weighted by Crippen LogP contribution is -2.14. The molecular weight excluding hydrogens is 385 g/mol. The van der Waals surface area contributed by atoms with Gasteiger partial charge < -0.3 is 5.11 Å². The van der Waals surface area contributed by atoms with Crippen LogP contribution in [-0.4, -0.2) is 34.2 Å². The van der Waals surface area contributed by atoms with Crippen LogP contribution in [0.2, 0.25) is 0 Å². The van der Waals surface area contributed by atoms with Crippen LogP contribution in [0.1, 0.15) is 12.0 Å². The zero-order valence-corrected chi connectivity index (χ0v) is 15.3. The molecule has 0 aromatic heterocycles. The van der Waals surface area contributed by atoms with Crippen molar-refractivity contribution in [2.24, 2.45) is 0 Å². The van der Waals surface area contributed by atoms with E-state index in [9.17, 15) is 26.0 Å². The molecule has 7 nitrogen and oxygen atoms in total. The first-order valence-corrected chi connectivity index (χ1v) is 10.7. The number of hydrogen-bond donors (Lipinski definition) is 2. The van der Waals surface area contributed by atoms with Gasteiger partial charge in [-0.1, -0.05) is 12.1 Å². The van der Waals surface area contributed by atoms with Gasteiger partial charge >= 0.3 is 5.97 Å². The molecule has 0 saturated carbocycles. The van der Waals surface area contributed by atoms with E-state index in [1.165, 1.54) is 24.3 Å². The SMILES string of the molecule is CS(=O)(=O)c1ccc(F)c(NS(=O)(=O)c2ccc(CCC(=O)O)cc2)c1. The van der Waals surface area contributed by atoms with Gasteiger partial charge in [0.15, 0.2) is 9.84 Å². The third kappa shape index (κ3) is 5.02. The van der Waals surface area contributed by atoms with Crippen molar-refractivity contribution in [2.75, 3.05) is 11.0 Å². The fourth-order valence-electron chi connectivity index (χ4n) is 2.10. The molecule has 0 radical (unpaired) electrons. The van der Waals surface area contributed by atoms with Crippen LogP contribution < -0.4 is 4.72 Å². The minimum absolute atomic E-state index is 0.0894. The van der Waals surface area contributed by atoms with Gasteiger partial charge in [0.25, 0.3) is 10.0 Å². The van der Waals surface area contributed by atoms with Gasteiger partial charge in [-0.3, -0.25) is 9.52 Å². The Balaban J connectivity index is 2.27. The zero-order chi connectivity index (χ0) is 19.5. The number of sulfone groups is 1. The van der Waals surface area contributed by atoms with E-state index in [2.05, 4.69) is 0 Å². The smallest absolute Gasteiger partial charge is 0.303 e. The third-order valence-corrected chi connectivity index (χ3v) is 5.96. The van der Waals surface area contributed by atoms with Gasteiger partial charge in [0.2, 0.25) is 0 Å². The number of carbonyl (C=O) groups is 1. The van der Waals surface area contributed by atoms with Gasteiger partial charge in [-0.2, -0.15) is 0 Å². The molecule has 0 fully saturated rings. The van der Waals surface area contributed by atoms with Crippen LogP contribution in [0, 0.1) is 5.82 Å². The van der Waals surface area contributed by atoms with E-state index in [4.69, 9.17) is 5.11 Å². The third-order valence-electron chi connectivity index (χ3n) is 3.47. The van der Waals surface area contributed by atoms with E-state index < -0.39 is 37.3 Å². The van der Waals surface area contributed by atoms with Crippen LogP contribution in [-0.2, 0) is 31.1 Å². The maximum absolute atomic E-state index is 13.9. The molecule has 0 spiro atoms. The number of rotatable bonds is 7. The molecule has 0 heterocycles. The summed E-state index contributed by atoms with van der Waals surface area (Å²) in [5.74, 6) is -1.89. The van der Waals surface area contributed by atoms with Crippen LogP contribution >= 0.6 is 0 Å². The molecule has 0 bridgehead atoms. The van der Waals surface area contributed by atoms with E-state index in [-0.39, 0.29) is 22.6 Å². The topological polar surface area (TPSA) is 118 Å².